The third-order valence-electron chi connectivity index (χ3n) is 2.50. The van der Waals surface area contributed by atoms with Gasteiger partial charge in [0.25, 0.3) is 0 Å². The van der Waals surface area contributed by atoms with E-state index in [1.165, 1.54) is 12.7 Å². The lowest BCUT2D eigenvalue weighted by Gasteiger charge is -2.12. The number of nitrogens with two attached hydrogens (primary N) is 1. The van der Waals surface area contributed by atoms with Gasteiger partial charge in [0.1, 0.15) is 24.7 Å². The molecule has 148 valence electrons. The highest BCUT2D eigenvalue weighted by Crippen LogP contribution is 2.53. The van der Waals surface area contributed by atoms with Gasteiger partial charge in [0.2, 0.25) is 0 Å². The van der Waals surface area contributed by atoms with Crippen molar-refractivity contribution in [1.82, 2.24) is 19.5 Å². The molecule has 0 spiro atoms. The number of aliphatic hydroxyl groups excluding tert-OH is 2. The van der Waals surface area contributed by atoms with Crippen LogP contribution in [0.15, 0.2) is 12.7 Å². The first-order valence-corrected chi connectivity index (χ1v) is 9.60. The third-order valence-corrected chi connectivity index (χ3v) is 4.20. The number of anilines is 1. The molecule has 0 saturated heterocycles. The molecule has 26 heavy (non-hydrogen) atoms. The maximum absolute atomic E-state index is 9.63. The number of nitrogen functional groups attached to an aromatic ring is 1. The van der Waals surface area contributed by atoms with Crippen LogP contribution in [0.5, 0.6) is 0 Å². The average Bonchev–Trinajstić information content (AvgIpc) is 2.90. The second-order valence-electron chi connectivity index (χ2n) is 4.49. The summed E-state index contributed by atoms with van der Waals surface area (Å²) in [6.07, 6.45) is 2.24. The van der Waals surface area contributed by atoms with E-state index in [1.807, 2.05) is 0 Å². The third kappa shape index (κ3) is 7.80. The molecule has 0 saturated carbocycles. The maximum Gasteiger partial charge on any atom is 0.478 e. The van der Waals surface area contributed by atoms with Gasteiger partial charge < -0.3 is 40.3 Å². The summed E-state index contributed by atoms with van der Waals surface area (Å²) in [5.74, 6) is 0.301. The van der Waals surface area contributed by atoms with Gasteiger partial charge >= 0.3 is 15.6 Å². The monoisotopic (exact) mass is 417 g/mol. The van der Waals surface area contributed by atoms with Gasteiger partial charge in [-0.2, -0.15) is 4.31 Å². The predicted molar refractivity (Wildman–Crippen MR) is 84.0 cm³/mol. The van der Waals surface area contributed by atoms with E-state index in [1.54, 1.807) is 4.57 Å². The largest absolute Gasteiger partial charge is 0.478 e. The fourth-order valence-electron chi connectivity index (χ4n) is 1.48. The molecule has 0 fully saturated rings. The van der Waals surface area contributed by atoms with Crippen LogP contribution in [0.4, 0.5) is 5.82 Å². The number of phosphoric acid groups is 2. The highest BCUT2D eigenvalue weighted by molar-refractivity contribution is 7.60. The molecule has 15 nitrogen and oxygen atoms in total. The number of hydrogen-bond acceptors (Lipinski definition) is 10. The van der Waals surface area contributed by atoms with Crippen molar-refractivity contribution in [2.24, 2.45) is 0 Å². The molecule has 2 heterocycles. The van der Waals surface area contributed by atoms with E-state index >= 15 is 0 Å². The van der Waals surface area contributed by atoms with Crippen molar-refractivity contribution in [3.05, 3.63) is 12.7 Å². The molecule has 0 bridgehead atoms. The highest BCUT2D eigenvalue weighted by atomic mass is 31.3. The van der Waals surface area contributed by atoms with Crippen molar-refractivity contribution in [3.63, 3.8) is 0 Å². The Morgan fingerprint density at radius 3 is 2.12 bits per heavy atom. The van der Waals surface area contributed by atoms with Crippen molar-refractivity contribution in [2.45, 2.75) is 12.8 Å². The van der Waals surface area contributed by atoms with Crippen LogP contribution in [-0.2, 0) is 24.9 Å². The number of fused-ring (bicyclic) bond motifs is 1. The molecule has 0 aliphatic carbocycles. The van der Waals surface area contributed by atoms with E-state index < -0.39 is 21.7 Å². The zero-order chi connectivity index (χ0) is 20.0. The molecular weight excluding hydrogens is 400 g/mol. The normalized spacial score (nSPS) is 12.3. The molecule has 0 aliphatic rings. The molecule has 0 aromatic carbocycles. The second-order valence-corrected chi connectivity index (χ2v) is 7.11. The van der Waals surface area contributed by atoms with Crippen LogP contribution in [0.1, 0.15) is 0 Å². The van der Waals surface area contributed by atoms with Crippen LogP contribution in [0.3, 0.4) is 0 Å². The van der Waals surface area contributed by atoms with Crippen molar-refractivity contribution >= 4 is 32.6 Å². The summed E-state index contributed by atoms with van der Waals surface area (Å²) in [6, 6.07) is 0. The van der Waals surface area contributed by atoms with E-state index in [-0.39, 0.29) is 19.9 Å². The van der Waals surface area contributed by atoms with Crippen LogP contribution in [0.2, 0.25) is 0 Å². The fourth-order valence-corrected chi connectivity index (χ4v) is 2.59. The number of ether oxygens (including phenoxy) is 1. The Morgan fingerprint density at radius 1 is 1.08 bits per heavy atom. The number of aromatic nitrogens is 4. The van der Waals surface area contributed by atoms with Crippen LogP contribution in [-0.4, -0.2) is 68.6 Å². The Kier molecular flexibility index (Phi) is 8.17. The molecule has 2 aromatic rings. The molecule has 0 atom stereocenters. The van der Waals surface area contributed by atoms with Crippen molar-refractivity contribution in [2.75, 3.05) is 18.9 Å². The molecule has 0 amide bonds. The second kappa shape index (κ2) is 9.43. The van der Waals surface area contributed by atoms with E-state index in [0.717, 1.165) is 0 Å². The molecule has 17 heteroatoms. The lowest BCUT2D eigenvalue weighted by molar-refractivity contribution is -0.0488. The van der Waals surface area contributed by atoms with Crippen LogP contribution in [0.25, 0.3) is 11.2 Å². The summed E-state index contributed by atoms with van der Waals surface area (Å²) in [5, 5.41) is 17.7. The standard InChI is InChI=1S/C9H13N5O3.H4O7P2/c10-8-7-9(12-3-11-8)14(4-13-7)5-17-6(1-15)2-16;1-8(2,3)7-9(4,5)6/h3-4,6,15-16H,1-2,5H2,(H2,10,11,12);(H2,1,2,3)(H2,4,5,6). The lowest BCUT2D eigenvalue weighted by atomic mass is 10.4. The zero-order valence-electron chi connectivity index (χ0n) is 12.9. The summed E-state index contributed by atoms with van der Waals surface area (Å²) in [5.41, 5.74) is 6.68. The Hall–Kier alpha value is -1.51. The number of nitrogens with zero attached hydrogens (tertiary/aromatic N) is 4. The van der Waals surface area contributed by atoms with Crippen molar-refractivity contribution in [1.29, 1.82) is 0 Å². The average molecular weight is 417 g/mol. The number of imidazole rings is 1. The van der Waals surface area contributed by atoms with Gasteiger partial charge in [-0.3, -0.25) is 4.57 Å². The zero-order valence-corrected chi connectivity index (χ0v) is 14.7. The Balaban J connectivity index is 0.000000321. The molecular formula is C9H17N5O10P2. The summed E-state index contributed by atoms with van der Waals surface area (Å²) in [6.45, 7) is -0.376. The van der Waals surface area contributed by atoms with Crippen molar-refractivity contribution < 1.29 is 48.0 Å². The van der Waals surface area contributed by atoms with Crippen LogP contribution in [0, 0.1) is 0 Å². The van der Waals surface area contributed by atoms with Crippen LogP contribution < -0.4 is 5.73 Å². The first-order valence-electron chi connectivity index (χ1n) is 6.54. The van der Waals surface area contributed by atoms with Gasteiger partial charge in [0.05, 0.1) is 19.5 Å². The number of hydrogen-bond donors (Lipinski definition) is 7. The van der Waals surface area contributed by atoms with E-state index in [4.69, 9.17) is 40.3 Å². The number of rotatable bonds is 7. The molecule has 8 N–H and O–H groups in total. The van der Waals surface area contributed by atoms with Gasteiger partial charge in [-0.1, -0.05) is 0 Å². The van der Waals surface area contributed by atoms with Crippen molar-refractivity contribution in [3.8, 4) is 0 Å². The van der Waals surface area contributed by atoms with Gasteiger partial charge in [-0.15, -0.1) is 0 Å². The summed E-state index contributed by atoms with van der Waals surface area (Å²) in [7, 11) is -10.1. The van der Waals surface area contributed by atoms with Gasteiger partial charge in [-0.05, 0) is 0 Å². The minimum Gasteiger partial charge on any atom is -0.394 e. The summed E-state index contributed by atoms with van der Waals surface area (Å²) in [4.78, 5) is 42.9. The summed E-state index contributed by atoms with van der Waals surface area (Å²) < 4.78 is 29.1. The first kappa shape index (κ1) is 22.5. The maximum atomic E-state index is 9.63. The topological polar surface area (TPSA) is 244 Å². The van der Waals surface area contributed by atoms with Gasteiger partial charge in [0.15, 0.2) is 11.5 Å². The predicted octanol–water partition coefficient (Wildman–Crippen LogP) is -2.08. The highest BCUT2D eigenvalue weighted by Gasteiger charge is 2.27. The Labute approximate surface area is 145 Å². The van der Waals surface area contributed by atoms with Gasteiger partial charge in [0, 0.05) is 0 Å². The molecule has 0 unspecified atom stereocenters. The Morgan fingerprint density at radius 2 is 1.65 bits per heavy atom. The number of aliphatic hydroxyl groups is 2. The van der Waals surface area contributed by atoms with Crippen LogP contribution >= 0.6 is 15.6 Å². The fraction of sp³-hybridized carbons (Fsp3) is 0.444. The quantitative estimate of drug-likeness (QED) is 0.239. The minimum atomic E-state index is -5.05. The van der Waals surface area contributed by atoms with E-state index in [0.29, 0.717) is 17.0 Å². The SMILES string of the molecule is Nc1ncnc2c1ncn2COC(CO)CO.O=P(O)(O)OP(=O)(O)O. The molecule has 2 rings (SSSR count). The first-order chi connectivity index (χ1) is 12.0. The smallest absolute Gasteiger partial charge is 0.394 e. The molecule has 2 aromatic heterocycles. The Bertz CT molecular complexity index is 779. The molecule has 0 aliphatic heterocycles. The molecule has 0 radical (unpaired) electrons. The van der Waals surface area contributed by atoms with E-state index in [9.17, 15) is 9.13 Å². The summed E-state index contributed by atoms with van der Waals surface area (Å²) >= 11 is 0. The van der Waals surface area contributed by atoms with Gasteiger partial charge in [-0.25, -0.2) is 24.1 Å². The minimum absolute atomic E-state index is 0.124. The van der Waals surface area contributed by atoms with E-state index in [2.05, 4.69) is 19.3 Å². The lowest BCUT2D eigenvalue weighted by Crippen LogP contribution is -2.23.